The van der Waals surface area contributed by atoms with Crippen LogP contribution in [-0.2, 0) is 6.42 Å². The van der Waals surface area contributed by atoms with E-state index < -0.39 is 0 Å². The summed E-state index contributed by atoms with van der Waals surface area (Å²) in [5, 5.41) is 1.24. The van der Waals surface area contributed by atoms with Gasteiger partial charge in [-0.05, 0) is 30.5 Å². The van der Waals surface area contributed by atoms with Crippen molar-refractivity contribution in [3.63, 3.8) is 0 Å². The van der Waals surface area contributed by atoms with E-state index in [-0.39, 0.29) is 0 Å². The van der Waals surface area contributed by atoms with Gasteiger partial charge in [-0.25, -0.2) is 0 Å². The van der Waals surface area contributed by atoms with Crippen LogP contribution in [0.25, 0.3) is 10.9 Å². The van der Waals surface area contributed by atoms with Crippen LogP contribution in [0.2, 0.25) is 0 Å². The van der Waals surface area contributed by atoms with Crippen LogP contribution < -0.4 is 0 Å². The van der Waals surface area contributed by atoms with Gasteiger partial charge < -0.3 is 4.98 Å². The molecule has 2 aromatic rings. The fourth-order valence-electron chi connectivity index (χ4n) is 1.52. The van der Waals surface area contributed by atoms with Crippen LogP contribution in [-0.4, -0.2) is 4.98 Å². The highest BCUT2D eigenvalue weighted by Crippen LogP contribution is 2.16. The quantitative estimate of drug-likeness (QED) is 0.632. The van der Waals surface area contributed by atoms with Crippen LogP contribution in [0.4, 0.5) is 0 Å². The first-order valence-corrected chi connectivity index (χ1v) is 4.31. The Morgan fingerprint density at radius 2 is 2.23 bits per heavy atom. The summed E-state index contributed by atoms with van der Waals surface area (Å²) in [4.78, 5) is 3.28. The molecule has 0 aliphatic heterocycles. The Morgan fingerprint density at radius 1 is 1.38 bits per heavy atom. The lowest BCUT2D eigenvalue weighted by atomic mass is 10.2. The summed E-state index contributed by atoms with van der Waals surface area (Å²) in [6.45, 7) is 2.09. The van der Waals surface area contributed by atoms with Crippen molar-refractivity contribution in [2.75, 3.05) is 0 Å². The van der Waals surface area contributed by atoms with Crippen LogP contribution >= 0.6 is 0 Å². The highest BCUT2D eigenvalue weighted by Gasteiger charge is 1.98. The Kier molecular flexibility index (Phi) is 1.83. The van der Waals surface area contributed by atoms with E-state index in [4.69, 9.17) is 6.42 Å². The lowest BCUT2D eigenvalue weighted by Gasteiger charge is -1.90. The van der Waals surface area contributed by atoms with Crippen LogP contribution in [0.1, 0.15) is 11.3 Å². The summed E-state index contributed by atoms with van der Waals surface area (Å²) in [7, 11) is 0. The third-order valence-electron chi connectivity index (χ3n) is 2.12. The molecule has 0 atom stereocenters. The van der Waals surface area contributed by atoms with Gasteiger partial charge in [-0.3, -0.25) is 0 Å². The molecule has 64 valence electrons. The maximum absolute atomic E-state index is 5.24. The maximum atomic E-state index is 5.24. The minimum absolute atomic E-state index is 0.674. The Morgan fingerprint density at radius 3 is 3.00 bits per heavy atom. The molecular formula is C12H11N. The zero-order valence-electron chi connectivity index (χ0n) is 7.59. The molecule has 0 aliphatic rings. The average Bonchev–Trinajstić information content (AvgIpc) is 2.46. The van der Waals surface area contributed by atoms with E-state index in [1.807, 2.05) is 0 Å². The number of fused-ring (bicyclic) bond motifs is 1. The number of aromatic nitrogens is 1. The van der Waals surface area contributed by atoms with Crippen molar-refractivity contribution in [1.82, 2.24) is 4.98 Å². The van der Waals surface area contributed by atoms with Crippen molar-refractivity contribution in [3.8, 4) is 12.3 Å². The molecule has 1 N–H and O–H groups in total. The summed E-state index contributed by atoms with van der Waals surface area (Å²) in [5.74, 6) is 2.63. The first-order chi connectivity index (χ1) is 6.29. The second-order valence-corrected chi connectivity index (χ2v) is 3.27. The van der Waals surface area contributed by atoms with Crippen LogP contribution in [0.3, 0.4) is 0 Å². The normalized spacial score (nSPS) is 10.2. The molecule has 1 heteroatoms. The van der Waals surface area contributed by atoms with Gasteiger partial charge in [-0.1, -0.05) is 11.6 Å². The number of terminal acetylenes is 1. The van der Waals surface area contributed by atoms with Crippen molar-refractivity contribution >= 4 is 10.9 Å². The van der Waals surface area contributed by atoms with Gasteiger partial charge in [0.1, 0.15) is 0 Å². The number of hydrogen-bond acceptors (Lipinski definition) is 0. The van der Waals surface area contributed by atoms with E-state index in [1.54, 1.807) is 0 Å². The molecular weight excluding hydrogens is 158 g/mol. The van der Waals surface area contributed by atoms with Gasteiger partial charge in [-0.2, -0.15) is 0 Å². The SMILES string of the molecule is C#CCc1cc2cc(C)ccc2[nH]1. The Hall–Kier alpha value is -1.68. The van der Waals surface area contributed by atoms with Crippen molar-refractivity contribution in [2.45, 2.75) is 13.3 Å². The van der Waals surface area contributed by atoms with Gasteiger partial charge >= 0.3 is 0 Å². The molecule has 0 saturated carbocycles. The molecule has 13 heavy (non-hydrogen) atoms. The van der Waals surface area contributed by atoms with Gasteiger partial charge in [-0.15, -0.1) is 12.3 Å². The summed E-state index contributed by atoms with van der Waals surface area (Å²) >= 11 is 0. The first kappa shape index (κ1) is 7.94. The molecule has 0 unspecified atom stereocenters. The van der Waals surface area contributed by atoms with Gasteiger partial charge in [0.15, 0.2) is 0 Å². The number of nitrogens with one attached hydrogen (secondary N) is 1. The zero-order valence-corrected chi connectivity index (χ0v) is 7.59. The van der Waals surface area contributed by atoms with E-state index >= 15 is 0 Å². The largest absolute Gasteiger partial charge is 0.358 e. The lowest BCUT2D eigenvalue weighted by Crippen LogP contribution is -1.77. The third-order valence-corrected chi connectivity index (χ3v) is 2.12. The predicted molar refractivity (Wildman–Crippen MR) is 55.6 cm³/mol. The molecule has 0 fully saturated rings. The van der Waals surface area contributed by atoms with Crippen molar-refractivity contribution in [2.24, 2.45) is 0 Å². The number of rotatable bonds is 1. The molecule has 0 bridgehead atoms. The number of aromatic amines is 1. The standard InChI is InChI=1S/C12H11N/c1-3-4-11-8-10-7-9(2)5-6-12(10)13-11/h1,5-8,13H,4H2,2H3. The fraction of sp³-hybridized carbons (Fsp3) is 0.167. The van der Waals surface area contributed by atoms with Crippen LogP contribution in [0, 0.1) is 19.3 Å². The molecule has 2 rings (SSSR count). The Balaban J connectivity index is 2.57. The predicted octanol–water partition coefficient (Wildman–Crippen LogP) is 2.65. The van der Waals surface area contributed by atoms with E-state index in [0.29, 0.717) is 6.42 Å². The highest BCUT2D eigenvalue weighted by molar-refractivity contribution is 5.81. The minimum Gasteiger partial charge on any atom is -0.358 e. The zero-order chi connectivity index (χ0) is 9.26. The number of hydrogen-bond donors (Lipinski definition) is 1. The van der Waals surface area contributed by atoms with E-state index in [1.165, 1.54) is 10.9 Å². The smallest absolute Gasteiger partial charge is 0.0489 e. The first-order valence-electron chi connectivity index (χ1n) is 4.31. The molecule has 1 aromatic heterocycles. The van der Waals surface area contributed by atoms with E-state index in [0.717, 1.165) is 11.2 Å². The van der Waals surface area contributed by atoms with E-state index in [9.17, 15) is 0 Å². The van der Waals surface area contributed by atoms with Crippen molar-refractivity contribution in [1.29, 1.82) is 0 Å². The van der Waals surface area contributed by atoms with Crippen LogP contribution in [0.15, 0.2) is 24.3 Å². The molecule has 0 saturated heterocycles. The molecule has 0 radical (unpaired) electrons. The van der Waals surface area contributed by atoms with Gasteiger partial charge in [0, 0.05) is 17.6 Å². The van der Waals surface area contributed by atoms with Gasteiger partial charge in [0.25, 0.3) is 0 Å². The minimum atomic E-state index is 0.674. The van der Waals surface area contributed by atoms with Crippen LogP contribution in [0.5, 0.6) is 0 Å². The highest BCUT2D eigenvalue weighted by atomic mass is 14.7. The second-order valence-electron chi connectivity index (χ2n) is 3.27. The summed E-state index contributed by atoms with van der Waals surface area (Å²) < 4.78 is 0. The summed E-state index contributed by atoms with van der Waals surface area (Å²) in [5.41, 5.74) is 3.55. The monoisotopic (exact) mass is 169 g/mol. The Bertz CT molecular complexity index is 471. The molecule has 0 spiro atoms. The topological polar surface area (TPSA) is 15.8 Å². The summed E-state index contributed by atoms with van der Waals surface area (Å²) in [6.07, 6.45) is 5.92. The number of H-pyrrole nitrogens is 1. The third kappa shape index (κ3) is 1.43. The lowest BCUT2D eigenvalue weighted by molar-refractivity contribution is 1.20. The molecule has 1 aromatic carbocycles. The molecule has 0 amide bonds. The van der Waals surface area contributed by atoms with Crippen molar-refractivity contribution in [3.05, 3.63) is 35.5 Å². The van der Waals surface area contributed by atoms with Gasteiger partial charge in [0.05, 0.1) is 0 Å². The number of benzene rings is 1. The second kappa shape index (κ2) is 2.99. The van der Waals surface area contributed by atoms with E-state index in [2.05, 4.69) is 42.1 Å². The summed E-state index contributed by atoms with van der Waals surface area (Å²) in [6, 6.07) is 8.46. The molecule has 1 heterocycles. The molecule has 0 aliphatic carbocycles. The van der Waals surface area contributed by atoms with Crippen molar-refractivity contribution < 1.29 is 0 Å². The Labute approximate surface area is 77.8 Å². The maximum Gasteiger partial charge on any atom is 0.0489 e. The average molecular weight is 169 g/mol. The molecule has 1 nitrogen and oxygen atoms in total. The fourth-order valence-corrected chi connectivity index (χ4v) is 1.52. The number of aryl methyl sites for hydroxylation is 1. The van der Waals surface area contributed by atoms with Gasteiger partial charge in [0.2, 0.25) is 0 Å².